The molecule has 5 heteroatoms. The molecule has 0 fully saturated rings. The summed E-state index contributed by atoms with van der Waals surface area (Å²) >= 11 is 1.66. The molecular weight excluding hydrogens is 294 g/mol. The van der Waals surface area contributed by atoms with Gasteiger partial charge in [-0.15, -0.1) is 11.3 Å². The maximum Gasteiger partial charge on any atom is 0.319 e. The third-order valence-electron chi connectivity index (χ3n) is 3.64. The monoisotopic (exact) mass is 317 g/mol. The van der Waals surface area contributed by atoms with Crippen LogP contribution in [0.2, 0.25) is 0 Å². The van der Waals surface area contributed by atoms with Crippen LogP contribution in [0.25, 0.3) is 0 Å². The minimum atomic E-state index is -0.169. The van der Waals surface area contributed by atoms with E-state index in [4.69, 9.17) is 0 Å². The topological polar surface area (TPSA) is 44.4 Å². The molecule has 0 radical (unpaired) electrons. The first kappa shape index (κ1) is 16.4. The van der Waals surface area contributed by atoms with Crippen LogP contribution in [0, 0.1) is 0 Å². The molecule has 118 valence electrons. The van der Waals surface area contributed by atoms with Crippen LogP contribution < -0.4 is 15.5 Å². The number of nitrogens with zero attached hydrogens (tertiary/aromatic N) is 1. The van der Waals surface area contributed by atoms with Crippen LogP contribution in [0.4, 0.5) is 16.2 Å². The summed E-state index contributed by atoms with van der Waals surface area (Å²) in [5.41, 5.74) is 1.84. The number of hydrogen-bond acceptors (Lipinski definition) is 3. The SMILES string of the molecule is CCC(NC(=O)Nc1ccccc1N(C)CC)c1cccs1. The van der Waals surface area contributed by atoms with Gasteiger partial charge in [-0.25, -0.2) is 4.79 Å². The van der Waals surface area contributed by atoms with Crippen molar-refractivity contribution in [3.05, 3.63) is 46.7 Å². The highest BCUT2D eigenvalue weighted by molar-refractivity contribution is 7.10. The number of rotatable bonds is 6. The average molecular weight is 317 g/mol. The summed E-state index contributed by atoms with van der Waals surface area (Å²) < 4.78 is 0. The Morgan fingerprint density at radius 2 is 2.00 bits per heavy atom. The fourth-order valence-electron chi connectivity index (χ4n) is 2.26. The molecule has 1 atom stereocenters. The zero-order valence-corrected chi connectivity index (χ0v) is 14.1. The number of hydrogen-bond donors (Lipinski definition) is 2. The van der Waals surface area contributed by atoms with E-state index in [0.29, 0.717) is 0 Å². The predicted octanol–water partition coefficient (Wildman–Crippen LogP) is 4.48. The molecule has 0 aliphatic carbocycles. The Labute approximate surface area is 136 Å². The summed E-state index contributed by atoms with van der Waals surface area (Å²) in [6.45, 7) is 5.04. The molecule has 0 aliphatic heterocycles. The van der Waals surface area contributed by atoms with Crippen LogP contribution in [0.15, 0.2) is 41.8 Å². The molecule has 0 bridgehead atoms. The molecule has 1 heterocycles. The Morgan fingerprint density at radius 3 is 2.64 bits per heavy atom. The van der Waals surface area contributed by atoms with Gasteiger partial charge in [-0.2, -0.15) is 0 Å². The minimum Gasteiger partial charge on any atom is -0.373 e. The molecule has 2 N–H and O–H groups in total. The van der Waals surface area contributed by atoms with Crippen LogP contribution in [-0.4, -0.2) is 19.6 Å². The van der Waals surface area contributed by atoms with Gasteiger partial charge in [0.2, 0.25) is 0 Å². The van der Waals surface area contributed by atoms with Gasteiger partial charge in [0.25, 0.3) is 0 Å². The first-order valence-corrected chi connectivity index (χ1v) is 8.44. The minimum absolute atomic E-state index is 0.0519. The highest BCUT2D eigenvalue weighted by Crippen LogP contribution is 2.25. The maximum atomic E-state index is 12.3. The second-order valence-corrected chi connectivity index (χ2v) is 6.09. The lowest BCUT2D eigenvalue weighted by atomic mass is 10.2. The van der Waals surface area contributed by atoms with Gasteiger partial charge in [0, 0.05) is 18.5 Å². The lowest BCUT2D eigenvalue weighted by Gasteiger charge is -2.22. The average Bonchev–Trinajstić information content (AvgIpc) is 3.06. The Bertz CT molecular complexity index is 598. The summed E-state index contributed by atoms with van der Waals surface area (Å²) in [6, 6.07) is 11.8. The molecule has 22 heavy (non-hydrogen) atoms. The first-order valence-electron chi connectivity index (χ1n) is 7.56. The van der Waals surface area contributed by atoms with Gasteiger partial charge >= 0.3 is 6.03 Å². The van der Waals surface area contributed by atoms with Crippen molar-refractivity contribution in [2.24, 2.45) is 0 Å². The largest absolute Gasteiger partial charge is 0.373 e. The molecule has 4 nitrogen and oxygen atoms in total. The molecule has 1 aromatic heterocycles. The van der Waals surface area contributed by atoms with Gasteiger partial charge in [-0.1, -0.05) is 25.1 Å². The van der Waals surface area contributed by atoms with E-state index in [1.165, 1.54) is 4.88 Å². The zero-order chi connectivity index (χ0) is 15.9. The summed E-state index contributed by atoms with van der Waals surface area (Å²) in [5, 5.41) is 8.04. The van der Waals surface area contributed by atoms with Gasteiger partial charge < -0.3 is 15.5 Å². The molecule has 1 aromatic carbocycles. The van der Waals surface area contributed by atoms with Crippen LogP contribution in [0.1, 0.15) is 31.2 Å². The van der Waals surface area contributed by atoms with Crippen LogP contribution in [-0.2, 0) is 0 Å². The number of nitrogens with one attached hydrogen (secondary N) is 2. The van der Waals surface area contributed by atoms with Crippen molar-refractivity contribution in [2.75, 3.05) is 23.8 Å². The second kappa shape index (κ2) is 7.84. The Balaban J connectivity index is 2.06. The maximum absolute atomic E-state index is 12.3. The van der Waals surface area contributed by atoms with Crippen molar-refractivity contribution < 1.29 is 4.79 Å². The molecule has 2 aromatic rings. The van der Waals surface area contributed by atoms with E-state index in [9.17, 15) is 4.79 Å². The van der Waals surface area contributed by atoms with Crippen molar-refractivity contribution in [1.29, 1.82) is 0 Å². The fraction of sp³-hybridized carbons (Fsp3) is 0.353. The summed E-state index contributed by atoms with van der Waals surface area (Å²) in [4.78, 5) is 15.6. The van der Waals surface area contributed by atoms with Crippen molar-refractivity contribution in [2.45, 2.75) is 26.3 Å². The molecule has 0 saturated carbocycles. The number of benzene rings is 1. The second-order valence-electron chi connectivity index (χ2n) is 5.11. The van der Waals surface area contributed by atoms with Crippen LogP contribution in [0.5, 0.6) is 0 Å². The van der Waals surface area contributed by atoms with Crippen molar-refractivity contribution in [1.82, 2.24) is 5.32 Å². The van der Waals surface area contributed by atoms with E-state index in [-0.39, 0.29) is 12.1 Å². The van der Waals surface area contributed by atoms with E-state index >= 15 is 0 Å². The van der Waals surface area contributed by atoms with Gasteiger partial charge in [0.05, 0.1) is 17.4 Å². The highest BCUT2D eigenvalue weighted by atomic mass is 32.1. The number of urea groups is 1. The van der Waals surface area contributed by atoms with Crippen molar-refractivity contribution >= 4 is 28.7 Å². The third kappa shape index (κ3) is 4.01. The van der Waals surface area contributed by atoms with E-state index in [0.717, 1.165) is 24.3 Å². The van der Waals surface area contributed by atoms with Crippen LogP contribution >= 0.6 is 11.3 Å². The smallest absolute Gasteiger partial charge is 0.319 e. The normalized spacial score (nSPS) is 11.8. The number of anilines is 2. The number of carbonyl (C=O) groups is 1. The Hall–Kier alpha value is -2.01. The predicted molar refractivity (Wildman–Crippen MR) is 94.9 cm³/mol. The Morgan fingerprint density at radius 1 is 1.23 bits per heavy atom. The molecule has 2 rings (SSSR count). The number of thiophene rings is 1. The fourth-order valence-corrected chi connectivity index (χ4v) is 3.12. The van der Waals surface area contributed by atoms with Crippen molar-refractivity contribution in [3.63, 3.8) is 0 Å². The lowest BCUT2D eigenvalue weighted by Crippen LogP contribution is -2.32. The van der Waals surface area contributed by atoms with Gasteiger partial charge in [-0.3, -0.25) is 0 Å². The quantitative estimate of drug-likeness (QED) is 0.825. The zero-order valence-electron chi connectivity index (χ0n) is 13.3. The summed E-state index contributed by atoms with van der Waals surface area (Å²) in [6.07, 6.45) is 0.866. The van der Waals surface area contributed by atoms with Crippen LogP contribution in [0.3, 0.4) is 0 Å². The van der Waals surface area contributed by atoms with E-state index < -0.39 is 0 Å². The molecule has 1 unspecified atom stereocenters. The van der Waals surface area contributed by atoms with E-state index in [2.05, 4.69) is 35.4 Å². The lowest BCUT2D eigenvalue weighted by molar-refractivity contribution is 0.248. The number of para-hydroxylation sites is 2. The van der Waals surface area contributed by atoms with E-state index in [1.807, 2.05) is 42.8 Å². The number of amides is 2. The molecule has 0 spiro atoms. The van der Waals surface area contributed by atoms with Crippen molar-refractivity contribution in [3.8, 4) is 0 Å². The standard InChI is InChI=1S/C17H23N3OS/c1-4-13(16-11-8-12-22-16)18-17(21)19-14-9-6-7-10-15(14)20(3)5-2/h6-13H,4-5H2,1-3H3,(H2,18,19,21). The molecule has 0 aliphatic rings. The summed E-state index contributed by atoms with van der Waals surface area (Å²) in [5.74, 6) is 0. The van der Waals surface area contributed by atoms with Gasteiger partial charge in [0.15, 0.2) is 0 Å². The third-order valence-corrected chi connectivity index (χ3v) is 4.62. The van der Waals surface area contributed by atoms with Gasteiger partial charge in [0.1, 0.15) is 0 Å². The highest BCUT2D eigenvalue weighted by Gasteiger charge is 2.15. The first-order chi connectivity index (χ1) is 10.7. The molecule has 2 amide bonds. The summed E-state index contributed by atoms with van der Waals surface area (Å²) in [7, 11) is 2.01. The Kier molecular flexibility index (Phi) is 5.83. The molecule has 0 saturated heterocycles. The van der Waals surface area contributed by atoms with E-state index in [1.54, 1.807) is 11.3 Å². The van der Waals surface area contributed by atoms with Gasteiger partial charge in [-0.05, 0) is 36.9 Å². The number of carbonyl (C=O) groups excluding carboxylic acids is 1. The molecular formula is C17H23N3OS.